The molecule has 1 aliphatic heterocycles. The van der Waals surface area contributed by atoms with Crippen LogP contribution >= 0.6 is 0 Å². The molecule has 1 N–H and O–H groups in total. The zero-order valence-corrected chi connectivity index (χ0v) is 12.8. The number of ether oxygens (including phenoxy) is 1. The SMILES string of the molecule is O=C(O)C[C@@H]1COCCN1C(=O)Cc1ccc2ccccc2c1. The molecule has 0 radical (unpaired) electrons. The Morgan fingerprint density at radius 1 is 1.17 bits per heavy atom. The Hall–Kier alpha value is -2.40. The van der Waals surface area contributed by atoms with E-state index in [4.69, 9.17) is 9.84 Å². The Morgan fingerprint density at radius 2 is 1.96 bits per heavy atom. The maximum atomic E-state index is 12.6. The third-order valence-electron chi connectivity index (χ3n) is 4.13. The van der Waals surface area contributed by atoms with E-state index < -0.39 is 5.97 Å². The summed E-state index contributed by atoms with van der Waals surface area (Å²) in [7, 11) is 0. The lowest BCUT2D eigenvalue weighted by atomic mass is 10.0. The first-order valence-corrected chi connectivity index (χ1v) is 7.70. The van der Waals surface area contributed by atoms with Crippen molar-refractivity contribution in [2.45, 2.75) is 18.9 Å². The van der Waals surface area contributed by atoms with Gasteiger partial charge in [0.25, 0.3) is 0 Å². The molecule has 1 fully saturated rings. The number of carboxylic acid groups (broad SMARTS) is 1. The first kappa shape index (κ1) is 15.5. The number of morpholine rings is 1. The average Bonchev–Trinajstić information content (AvgIpc) is 2.54. The highest BCUT2D eigenvalue weighted by Gasteiger charge is 2.28. The maximum absolute atomic E-state index is 12.6. The molecular formula is C18H19NO4. The highest BCUT2D eigenvalue weighted by Crippen LogP contribution is 2.18. The predicted molar refractivity (Wildman–Crippen MR) is 86.2 cm³/mol. The Bertz CT molecular complexity index is 728. The van der Waals surface area contributed by atoms with Crippen molar-refractivity contribution in [3.63, 3.8) is 0 Å². The molecule has 5 heteroatoms. The highest BCUT2D eigenvalue weighted by molar-refractivity contribution is 5.85. The van der Waals surface area contributed by atoms with Crippen molar-refractivity contribution < 1.29 is 19.4 Å². The van der Waals surface area contributed by atoms with Crippen molar-refractivity contribution >= 4 is 22.6 Å². The lowest BCUT2D eigenvalue weighted by Gasteiger charge is -2.35. The molecule has 0 bridgehead atoms. The number of fused-ring (bicyclic) bond motifs is 1. The van der Waals surface area contributed by atoms with E-state index in [0.717, 1.165) is 16.3 Å². The van der Waals surface area contributed by atoms with Crippen molar-refractivity contribution in [1.29, 1.82) is 0 Å². The summed E-state index contributed by atoms with van der Waals surface area (Å²) in [6.07, 6.45) is 0.199. The molecule has 0 spiro atoms. The summed E-state index contributed by atoms with van der Waals surface area (Å²) in [6, 6.07) is 13.6. The number of carbonyl (C=O) groups is 2. The first-order valence-electron chi connectivity index (χ1n) is 7.70. The Labute approximate surface area is 134 Å². The number of rotatable bonds is 4. The lowest BCUT2D eigenvalue weighted by Crippen LogP contribution is -2.50. The third-order valence-corrected chi connectivity index (χ3v) is 4.13. The molecule has 0 aliphatic carbocycles. The lowest BCUT2D eigenvalue weighted by molar-refractivity contribution is -0.145. The molecule has 23 heavy (non-hydrogen) atoms. The van der Waals surface area contributed by atoms with E-state index in [-0.39, 0.29) is 31.4 Å². The van der Waals surface area contributed by atoms with Gasteiger partial charge in [0.2, 0.25) is 5.91 Å². The largest absolute Gasteiger partial charge is 0.481 e. The van der Waals surface area contributed by atoms with E-state index in [1.54, 1.807) is 4.90 Å². The quantitative estimate of drug-likeness (QED) is 0.938. The number of carbonyl (C=O) groups excluding carboxylic acids is 1. The van der Waals surface area contributed by atoms with Gasteiger partial charge in [0, 0.05) is 6.54 Å². The molecular weight excluding hydrogens is 294 g/mol. The minimum atomic E-state index is -0.913. The van der Waals surface area contributed by atoms with Crippen LogP contribution < -0.4 is 0 Å². The highest BCUT2D eigenvalue weighted by atomic mass is 16.5. The summed E-state index contributed by atoms with van der Waals surface area (Å²) in [6.45, 7) is 1.19. The third kappa shape index (κ3) is 3.68. The van der Waals surface area contributed by atoms with Crippen LogP contribution in [0.3, 0.4) is 0 Å². The van der Waals surface area contributed by atoms with Crippen molar-refractivity contribution in [2.24, 2.45) is 0 Å². The number of hydrogen-bond donors (Lipinski definition) is 1. The van der Waals surface area contributed by atoms with Gasteiger partial charge in [-0.25, -0.2) is 0 Å². The van der Waals surface area contributed by atoms with Crippen LogP contribution in [0.5, 0.6) is 0 Å². The van der Waals surface area contributed by atoms with Crippen LogP contribution in [0.15, 0.2) is 42.5 Å². The Balaban J connectivity index is 1.74. The van der Waals surface area contributed by atoms with Gasteiger partial charge in [0.15, 0.2) is 0 Å². The first-order chi connectivity index (χ1) is 11.1. The fourth-order valence-electron chi connectivity index (χ4n) is 2.98. The van der Waals surface area contributed by atoms with Crippen molar-refractivity contribution in [3.05, 3.63) is 48.0 Å². The van der Waals surface area contributed by atoms with E-state index >= 15 is 0 Å². The smallest absolute Gasteiger partial charge is 0.305 e. The summed E-state index contributed by atoms with van der Waals surface area (Å²) in [4.78, 5) is 25.2. The maximum Gasteiger partial charge on any atom is 0.305 e. The van der Waals surface area contributed by atoms with Crippen LogP contribution in [0.2, 0.25) is 0 Å². The van der Waals surface area contributed by atoms with Crippen molar-refractivity contribution in [1.82, 2.24) is 4.90 Å². The number of amides is 1. The van der Waals surface area contributed by atoms with E-state index in [0.29, 0.717) is 13.2 Å². The van der Waals surface area contributed by atoms with Gasteiger partial charge in [0.1, 0.15) is 0 Å². The van der Waals surface area contributed by atoms with Gasteiger partial charge in [-0.15, -0.1) is 0 Å². The van der Waals surface area contributed by atoms with Gasteiger partial charge < -0.3 is 14.7 Å². The number of benzene rings is 2. The molecule has 120 valence electrons. The van der Waals surface area contributed by atoms with Gasteiger partial charge in [-0.05, 0) is 16.3 Å². The molecule has 2 aromatic carbocycles. The molecule has 1 amide bonds. The van der Waals surface area contributed by atoms with Crippen LogP contribution in [0.1, 0.15) is 12.0 Å². The van der Waals surface area contributed by atoms with Crippen molar-refractivity contribution in [3.8, 4) is 0 Å². The zero-order valence-electron chi connectivity index (χ0n) is 12.8. The molecule has 1 aliphatic rings. The van der Waals surface area contributed by atoms with Crippen LogP contribution in [0.25, 0.3) is 10.8 Å². The van der Waals surface area contributed by atoms with Gasteiger partial charge in [-0.2, -0.15) is 0 Å². The molecule has 0 saturated carbocycles. The molecule has 1 atom stereocenters. The van der Waals surface area contributed by atoms with E-state index in [1.165, 1.54) is 0 Å². The fourth-order valence-corrected chi connectivity index (χ4v) is 2.98. The second kappa shape index (κ2) is 6.79. The Morgan fingerprint density at radius 3 is 2.74 bits per heavy atom. The zero-order chi connectivity index (χ0) is 16.2. The number of aliphatic carboxylic acids is 1. The topological polar surface area (TPSA) is 66.8 Å². The average molecular weight is 313 g/mol. The van der Waals surface area contributed by atoms with Crippen LogP contribution in [-0.4, -0.2) is 47.7 Å². The van der Waals surface area contributed by atoms with E-state index in [1.807, 2.05) is 42.5 Å². The second-order valence-electron chi connectivity index (χ2n) is 5.77. The molecule has 1 heterocycles. The number of carboxylic acids is 1. The van der Waals surface area contributed by atoms with Crippen LogP contribution in [0, 0.1) is 0 Å². The molecule has 2 aromatic rings. The van der Waals surface area contributed by atoms with E-state index in [9.17, 15) is 9.59 Å². The number of hydrogen-bond acceptors (Lipinski definition) is 3. The molecule has 5 nitrogen and oxygen atoms in total. The van der Waals surface area contributed by atoms with Gasteiger partial charge in [0.05, 0.1) is 32.1 Å². The Kier molecular flexibility index (Phi) is 4.57. The summed E-state index contributed by atoms with van der Waals surface area (Å²) in [5.74, 6) is -0.959. The fraction of sp³-hybridized carbons (Fsp3) is 0.333. The number of nitrogens with zero attached hydrogens (tertiary/aromatic N) is 1. The van der Waals surface area contributed by atoms with Gasteiger partial charge in [-0.3, -0.25) is 9.59 Å². The van der Waals surface area contributed by atoms with Gasteiger partial charge in [-0.1, -0.05) is 42.5 Å². The van der Waals surface area contributed by atoms with Crippen LogP contribution in [0.4, 0.5) is 0 Å². The predicted octanol–water partition coefficient (Wildman–Crippen LogP) is 2.08. The molecule has 3 rings (SSSR count). The van der Waals surface area contributed by atoms with Crippen molar-refractivity contribution in [2.75, 3.05) is 19.8 Å². The summed E-state index contributed by atoms with van der Waals surface area (Å²) in [5.41, 5.74) is 0.939. The molecule has 0 aromatic heterocycles. The van der Waals surface area contributed by atoms with Gasteiger partial charge >= 0.3 is 5.97 Å². The van der Waals surface area contributed by atoms with Crippen LogP contribution in [-0.2, 0) is 20.7 Å². The monoisotopic (exact) mass is 313 g/mol. The summed E-state index contributed by atoms with van der Waals surface area (Å²) < 4.78 is 5.31. The standard InChI is InChI=1S/C18H19NO4/c20-17(19-7-8-23-12-16(19)11-18(21)22)10-13-5-6-14-3-1-2-4-15(14)9-13/h1-6,9,16H,7-8,10-12H2,(H,21,22)/t16-/m1/s1. The second-order valence-corrected chi connectivity index (χ2v) is 5.77. The normalized spacial score (nSPS) is 18.1. The minimum absolute atomic E-state index is 0.0465. The minimum Gasteiger partial charge on any atom is -0.481 e. The summed E-state index contributed by atoms with van der Waals surface area (Å²) in [5, 5.41) is 11.2. The summed E-state index contributed by atoms with van der Waals surface area (Å²) >= 11 is 0. The van der Waals surface area contributed by atoms with E-state index in [2.05, 4.69) is 0 Å². The molecule has 1 saturated heterocycles. The molecule has 0 unspecified atom stereocenters.